The van der Waals surface area contributed by atoms with Gasteiger partial charge in [-0.15, -0.1) is 0 Å². The largest absolute Gasteiger partial charge is 0.417 e. The number of carbonyl (C=O) groups is 1. The monoisotopic (exact) mass is 392 g/mol. The van der Waals surface area contributed by atoms with Gasteiger partial charge in [-0.05, 0) is 30.3 Å². The lowest BCUT2D eigenvalue weighted by Crippen LogP contribution is -2.15. The maximum absolute atomic E-state index is 12.7. The van der Waals surface area contributed by atoms with Crippen molar-refractivity contribution in [3.8, 4) is 6.07 Å². The molecule has 1 N–H and O–H groups in total. The molecule has 1 aromatic heterocycles. The maximum Gasteiger partial charge on any atom is 0.417 e. The quantitative estimate of drug-likeness (QED) is 0.395. The highest BCUT2D eigenvalue weighted by Gasteiger charge is 2.33. The average Bonchev–Trinajstić information content (AvgIpc) is 3.05. The summed E-state index contributed by atoms with van der Waals surface area (Å²) in [5.74, 6) is -0.798. The number of nitrogens with one attached hydrogen (secondary N) is 1. The minimum absolute atomic E-state index is 0.0681. The number of fused-ring (bicyclic) bond motifs is 1. The van der Waals surface area contributed by atoms with Gasteiger partial charge in [-0.3, -0.25) is 10.2 Å². The fourth-order valence-electron chi connectivity index (χ4n) is 2.22. The Morgan fingerprint density at radius 3 is 2.67 bits per heavy atom. The number of alkyl halides is 3. The summed E-state index contributed by atoms with van der Waals surface area (Å²) < 4.78 is 43.1. The van der Waals surface area contributed by atoms with Crippen LogP contribution in [0, 0.1) is 11.3 Å². The van der Waals surface area contributed by atoms with Gasteiger partial charge in [0.05, 0.1) is 21.7 Å². The van der Waals surface area contributed by atoms with Gasteiger partial charge in [0.2, 0.25) is 11.5 Å². The van der Waals surface area contributed by atoms with Gasteiger partial charge in [0.25, 0.3) is 0 Å². The third-order valence-corrected chi connectivity index (χ3v) is 3.80. The number of carbonyl (C=O) groups excluding carboxylic acids is 1. The van der Waals surface area contributed by atoms with Crippen LogP contribution in [0.1, 0.15) is 16.1 Å². The van der Waals surface area contributed by atoms with Gasteiger partial charge < -0.3 is 4.52 Å². The van der Waals surface area contributed by atoms with E-state index in [1.807, 2.05) is 0 Å². The molecule has 0 atom stereocenters. The first kappa shape index (κ1) is 18.4. The van der Waals surface area contributed by atoms with Crippen LogP contribution >= 0.6 is 11.6 Å². The first-order valence-electron chi connectivity index (χ1n) is 7.31. The summed E-state index contributed by atoms with van der Waals surface area (Å²) in [5.41, 5.74) is 1.11. The van der Waals surface area contributed by atoms with E-state index in [2.05, 4.69) is 15.7 Å². The van der Waals surface area contributed by atoms with Crippen molar-refractivity contribution in [1.82, 2.24) is 5.16 Å². The Morgan fingerprint density at radius 1 is 1.26 bits per heavy atom. The summed E-state index contributed by atoms with van der Waals surface area (Å²) >= 11 is 5.61. The predicted octanol–water partition coefficient (Wildman–Crippen LogP) is 4.67. The number of nitrogens with zero attached hydrogens (tertiary/aromatic N) is 3. The van der Waals surface area contributed by atoms with Crippen molar-refractivity contribution in [1.29, 1.82) is 5.26 Å². The van der Waals surface area contributed by atoms with Crippen LogP contribution in [0.15, 0.2) is 52.1 Å². The van der Waals surface area contributed by atoms with E-state index in [0.717, 1.165) is 18.2 Å². The van der Waals surface area contributed by atoms with Gasteiger partial charge in [0.1, 0.15) is 6.07 Å². The molecule has 0 saturated heterocycles. The van der Waals surface area contributed by atoms with Crippen LogP contribution in [0.3, 0.4) is 0 Å². The van der Waals surface area contributed by atoms with Gasteiger partial charge in [0.15, 0.2) is 11.3 Å². The molecule has 1 heterocycles. The summed E-state index contributed by atoms with van der Waals surface area (Å²) in [6.07, 6.45) is -4.60. The normalized spacial score (nSPS) is 12.0. The van der Waals surface area contributed by atoms with Gasteiger partial charge in [-0.1, -0.05) is 28.9 Å². The molecular formula is C17H8ClF3N4O2. The molecule has 0 aliphatic heterocycles. The number of Topliss-reactive ketones (excluding diaryl/α,β-unsaturated/α-hetero) is 1. The van der Waals surface area contributed by atoms with E-state index in [0.29, 0.717) is 11.0 Å². The smallest absolute Gasteiger partial charge is 0.356 e. The van der Waals surface area contributed by atoms with E-state index in [1.54, 1.807) is 30.3 Å². The van der Waals surface area contributed by atoms with Gasteiger partial charge in [-0.25, -0.2) is 0 Å². The zero-order valence-electron chi connectivity index (χ0n) is 13.2. The second-order valence-corrected chi connectivity index (χ2v) is 5.64. The zero-order valence-corrected chi connectivity index (χ0v) is 14.0. The minimum atomic E-state index is -4.60. The summed E-state index contributed by atoms with van der Waals surface area (Å²) in [4.78, 5) is 12.4. The van der Waals surface area contributed by atoms with E-state index in [4.69, 9.17) is 16.1 Å². The van der Waals surface area contributed by atoms with Crippen molar-refractivity contribution in [3.63, 3.8) is 0 Å². The molecule has 3 aromatic rings. The van der Waals surface area contributed by atoms with Gasteiger partial charge in [-0.2, -0.15) is 23.5 Å². The highest BCUT2D eigenvalue weighted by atomic mass is 35.5. The standard InChI is InChI=1S/C17H8ClF3N4O2/c18-12-7-9(5-6-11(12)17(19,20)21)23-24-13(8-22)16(26)15-10-3-1-2-4-14(10)27-25-15/h1-7,23H/b24-13+. The number of halogens is 4. The molecule has 0 spiro atoms. The SMILES string of the molecule is N#C/C(=N\Nc1ccc(C(F)(F)F)c(Cl)c1)C(=O)c1noc2ccccc12. The average molecular weight is 393 g/mol. The molecule has 0 saturated carbocycles. The van der Waals surface area contributed by atoms with Crippen molar-refractivity contribution in [2.75, 3.05) is 5.43 Å². The van der Waals surface area contributed by atoms with Crippen LogP contribution < -0.4 is 5.43 Å². The zero-order chi connectivity index (χ0) is 19.6. The number of para-hydroxylation sites is 1. The van der Waals surface area contributed by atoms with Crippen LogP contribution in [-0.4, -0.2) is 16.7 Å². The van der Waals surface area contributed by atoms with Crippen molar-refractivity contribution in [2.45, 2.75) is 6.18 Å². The second kappa shape index (κ2) is 7.09. The second-order valence-electron chi connectivity index (χ2n) is 5.23. The van der Waals surface area contributed by atoms with Crippen LogP contribution in [0.5, 0.6) is 0 Å². The van der Waals surface area contributed by atoms with Crippen LogP contribution in [-0.2, 0) is 6.18 Å². The van der Waals surface area contributed by atoms with Crippen molar-refractivity contribution in [2.24, 2.45) is 5.10 Å². The van der Waals surface area contributed by atoms with E-state index < -0.39 is 28.3 Å². The van der Waals surface area contributed by atoms with Crippen LogP contribution in [0.4, 0.5) is 18.9 Å². The number of hydrogen-bond acceptors (Lipinski definition) is 6. The Morgan fingerprint density at radius 2 is 2.00 bits per heavy atom. The molecule has 136 valence electrons. The molecule has 6 nitrogen and oxygen atoms in total. The van der Waals surface area contributed by atoms with E-state index >= 15 is 0 Å². The highest BCUT2D eigenvalue weighted by Crippen LogP contribution is 2.35. The number of rotatable bonds is 4. The van der Waals surface area contributed by atoms with Crippen molar-refractivity contribution in [3.05, 3.63) is 58.7 Å². The molecule has 0 radical (unpaired) electrons. The van der Waals surface area contributed by atoms with Crippen molar-refractivity contribution < 1.29 is 22.5 Å². The number of hydrogen-bond donors (Lipinski definition) is 1. The van der Waals surface area contributed by atoms with E-state index in [1.165, 1.54) is 0 Å². The molecule has 0 aliphatic rings. The van der Waals surface area contributed by atoms with E-state index in [9.17, 15) is 23.2 Å². The summed E-state index contributed by atoms with van der Waals surface area (Å²) in [6, 6.07) is 11.0. The molecule has 2 aromatic carbocycles. The minimum Gasteiger partial charge on any atom is -0.356 e. The number of aromatic nitrogens is 1. The fraction of sp³-hybridized carbons (Fsp3) is 0.0588. The number of nitriles is 1. The molecule has 0 aliphatic carbocycles. The molecule has 3 rings (SSSR count). The Labute approximate surface area is 154 Å². The summed E-state index contributed by atoms with van der Waals surface area (Å²) in [7, 11) is 0. The molecule has 0 unspecified atom stereocenters. The maximum atomic E-state index is 12.7. The molecule has 10 heteroatoms. The lowest BCUT2D eigenvalue weighted by Gasteiger charge is -2.10. The highest BCUT2D eigenvalue weighted by molar-refractivity contribution is 6.52. The number of ketones is 1. The van der Waals surface area contributed by atoms with Gasteiger partial charge >= 0.3 is 6.18 Å². The molecule has 27 heavy (non-hydrogen) atoms. The Kier molecular flexibility index (Phi) is 4.83. The Balaban J connectivity index is 1.86. The summed E-state index contributed by atoms with van der Waals surface area (Å²) in [5, 5.41) is 16.3. The fourth-order valence-corrected chi connectivity index (χ4v) is 2.51. The topological polar surface area (TPSA) is 91.3 Å². The molecule has 0 fully saturated rings. The number of hydrazone groups is 1. The van der Waals surface area contributed by atoms with Crippen LogP contribution in [0.2, 0.25) is 5.02 Å². The molecule has 0 amide bonds. The van der Waals surface area contributed by atoms with Gasteiger partial charge in [0, 0.05) is 0 Å². The Bertz CT molecular complexity index is 1100. The predicted molar refractivity (Wildman–Crippen MR) is 91.5 cm³/mol. The third-order valence-electron chi connectivity index (χ3n) is 3.48. The lowest BCUT2D eigenvalue weighted by molar-refractivity contribution is -0.137. The first-order chi connectivity index (χ1) is 12.8. The summed E-state index contributed by atoms with van der Waals surface area (Å²) in [6.45, 7) is 0. The molecular weight excluding hydrogens is 385 g/mol. The Hall–Kier alpha value is -3.38. The third kappa shape index (κ3) is 3.75. The number of anilines is 1. The van der Waals surface area contributed by atoms with Crippen molar-refractivity contribution >= 4 is 39.8 Å². The number of benzene rings is 2. The van der Waals surface area contributed by atoms with E-state index in [-0.39, 0.29) is 11.4 Å². The molecule has 0 bridgehead atoms. The first-order valence-corrected chi connectivity index (χ1v) is 7.68. The van der Waals surface area contributed by atoms with Crippen LogP contribution in [0.25, 0.3) is 11.0 Å². The lowest BCUT2D eigenvalue weighted by atomic mass is 10.1.